The Kier molecular flexibility index (Phi) is 4.73. The largest absolute Gasteiger partial charge is 0.481 e. The van der Waals surface area contributed by atoms with Gasteiger partial charge >= 0.3 is 5.97 Å². The molecule has 3 N–H and O–H groups in total. The van der Waals surface area contributed by atoms with Gasteiger partial charge in [-0.05, 0) is 19.3 Å². The molecule has 5 heteroatoms. The van der Waals surface area contributed by atoms with Gasteiger partial charge in [-0.1, -0.05) is 13.3 Å². The topological polar surface area (TPSA) is 83.6 Å². The van der Waals surface area contributed by atoms with Crippen LogP contribution in [-0.2, 0) is 9.59 Å². The number of hydrogen-bond donors (Lipinski definition) is 2. The maximum atomic E-state index is 11.9. The van der Waals surface area contributed by atoms with E-state index in [1.807, 2.05) is 6.92 Å². The summed E-state index contributed by atoms with van der Waals surface area (Å²) in [7, 11) is 0. The average molecular weight is 228 g/mol. The standard InChI is InChI=1S/C11H20N2O3/c1-2-3-9(12)11(16)13(8-4-5-8)7-6-10(14)15/h8-9H,2-7,12H2,1H3,(H,14,15)/t9-/m1/s1. The van der Waals surface area contributed by atoms with E-state index in [-0.39, 0.29) is 24.9 Å². The average Bonchev–Trinajstić information content (AvgIpc) is 3.01. The molecule has 0 radical (unpaired) electrons. The quantitative estimate of drug-likeness (QED) is 0.667. The molecule has 5 nitrogen and oxygen atoms in total. The van der Waals surface area contributed by atoms with Crippen LogP contribution in [0.2, 0.25) is 0 Å². The first-order chi connectivity index (χ1) is 7.56. The van der Waals surface area contributed by atoms with Crippen LogP contribution in [0.3, 0.4) is 0 Å². The van der Waals surface area contributed by atoms with Crippen molar-refractivity contribution in [3.63, 3.8) is 0 Å². The van der Waals surface area contributed by atoms with Crippen molar-refractivity contribution in [1.82, 2.24) is 4.90 Å². The van der Waals surface area contributed by atoms with Crippen LogP contribution in [0.5, 0.6) is 0 Å². The maximum absolute atomic E-state index is 11.9. The fourth-order valence-electron chi connectivity index (χ4n) is 1.72. The highest BCUT2D eigenvalue weighted by molar-refractivity contribution is 5.82. The fourth-order valence-corrected chi connectivity index (χ4v) is 1.72. The summed E-state index contributed by atoms with van der Waals surface area (Å²) in [4.78, 5) is 24.1. The van der Waals surface area contributed by atoms with E-state index in [1.54, 1.807) is 4.90 Å². The number of carboxylic acids is 1. The molecule has 0 aromatic rings. The number of nitrogens with zero attached hydrogens (tertiary/aromatic N) is 1. The molecule has 1 amide bonds. The fraction of sp³-hybridized carbons (Fsp3) is 0.818. The van der Waals surface area contributed by atoms with Gasteiger partial charge in [0, 0.05) is 12.6 Å². The number of hydrogen-bond acceptors (Lipinski definition) is 3. The Balaban J connectivity index is 2.48. The van der Waals surface area contributed by atoms with Gasteiger partial charge in [0.05, 0.1) is 12.5 Å². The molecular weight excluding hydrogens is 208 g/mol. The van der Waals surface area contributed by atoms with Crippen molar-refractivity contribution < 1.29 is 14.7 Å². The normalized spacial score (nSPS) is 16.9. The minimum Gasteiger partial charge on any atom is -0.481 e. The highest BCUT2D eigenvalue weighted by atomic mass is 16.4. The van der Waals surface area contributed by atoms with E-state index in [0.29, 0.717) is 6.42 Å². The summed E-state index contributed by atoms with van der Waals surface area (Å²) in [6.45, 7) is 2.27. The van der Waals surface area contributed by atoms with Crippen molar-refractivity contribution in [2.24, 2.45) is 5.73 Å². The first kappa shape index (κ1) is 13.0. The van der Waals surface area contributed by atoms with Crippen LogP contribution in [0.15, 0.2) is 0 Å². The highest BCUT2D eigenvalue weighted by Gasteiger charge is 2.34. The third kappa shape index (κ3) is 3.81. The molecule has 0 spiro atoms. The third-order valence-corrected chi connectivity index (χ3v) is 2.75. The molecule has 0 bridgehead atoms. The summed E-state index contributed by atoms with van der Waals surface area (Å²) >= 11 is 0. The molecule has 1 atom stereocenters. The third-order valence-electron chi connectivity index (χ3n) is 2.75. The highest BCUT2D eigenvalue weighted by Crippen LogP contribution is 2.27. The van der Waals surface area contributed by atoms with E-state index in [1.165, 1.54) is 0 Å². The molecule has 92 valence electrons. The van der Waals surface area contributed by atoms with Gasteiger partial charge in [0.25, 0.3) is 0 Å². The van der Waals surface area contributed by atoms with Gasteiger partial charge in [-0.2, -0.15) is 0 Å². The zero-order valence-electron chi connectivity index (χ0n) is 9.69. The number of amides is 1. The van der Waals surface area contributed by atoms with Crippen molar-refractivity contribution in [2.75, 3.05) is 6.54 Å². The molecule has 1 fully saturated rings. The van der Waals surface area contributed by atoms with Gasteiger partial charge in [-0.15, -0.1) is 0 Å². The number of nitrogens with two attached hydrogens (primary N) is 1. The van der Waals surface area contributed by atoms with Crippen molar-refractivity contribution in [3.8, 4) is 0 Å². The predicted octanol–water partition coefficient (Wildman–Crippen LogP) is 0.580. The molecule has 1 rings (SSSR count). The Hall–Kier alpha value is -1.10. The lowest BCUT2D eigenvalue weighted by Crippen LogP contribution is -2.45. The number of rotatable bonds is 7. The van der Waals surface area contributed by atoms with E-state index in [4.69, 9.17) is 10.8 Å². The van der Waals surface area contributed by atoms with Crippen LogP contribution in [0, 0.1) is 0 Å². The van der Waals surface area contributed by atoms with Gasteiger partial charge in [-0.25, -0.2) is 0 Å². The van der Waals surface area contributed by atoms with E-state index < -0.39 is 12.0 Å². The van der Waals surface area contributed by atoms with Gasteiger partial charge < -0.3 is 15.7 Å². The molecule has 1 aliphatic rings. The summed E-state index contributed by atoms with van der Waals surface area (Å²) in [5.74, 6) is -0.965. The molecule has 16 heavy (non-hydrogen) atoms. The summed E-state index contributed by atoms with van der Waals surface area (Å²) in [6, 6.07) is -0.242. The molecule has 0 unspecified atom stereocenters. The number of aliphatic carboxylic acids is 1. The second-order valence-corrected chi connectivity index (χ2v) is 4.30. The predicted molar refractivity (Wildman–Crippen MR) is 59.9 cm³/mol. The lowest BCUT2D eigenvalue weighted by Gasteiger charge is -2.24. The molecule has 0 aromatic heterocycles. The first-order valence-corrected chi connectivity index (χ1v) is 5.84. The SMILES string of the molecule is CCC[C@@H](N)C(=O)N(CCC(=O)O)C1CC1. The van der Waals surface area contributed by atoms with Gasteiger partial charge in [-0.3, -0.25) is 9.59 Å². The summed E-state index contributed by atoms with van der Waals surface area (Å²) in [5, 5.41) is 8.62. The van der Waals surface area contributed by atoms with E-state index >= 15 is 0 Å². The first-order valence-electron chi connectivity index (χ1n) is 5.84. The summed E-state index contributed by atoms with van der Waals surface area (Å²) < 4.78 is 0. The van der Waals surface area contributed by atoms with Crippen LogP contribution in [-0.4, -0.2) is 40.5 Å². The second kappa shape index (κ2) is 5.84. The molecule has 0 aliphatic heterocycles. The van der Waals surface area contributed by atoms with Crippen LogP contribution in [0.1, 0.15) is 39.0 Å². The minimum atomic E-state index is -0.873. The number of carbonyl (C=O) groups is 2. The Morgan fingerprint density at radius 1 is 1.50 bits per heavy atom. The molecule has 0 saturated heterocycles. The Morgan fingerprint density at radius 2 is 2.12 bits per heavy atom. The van der Waals surface area contributed by atoms with Crippen LogP contribution < -0.4 is 5.73 Å². The van der Waals surface area contributed by atoms with Gasteiger partial charge in [0.2, 0.25) is 5.91 Å². The monoisotopic (exact) mass is 228 g/mol. The molecule has 0 heterocycles. The summed E-state index contributed by atoms with van der Waals surface area (Å²) in [6.07, 6.45) is 3.48. The molecule has 1 aliphatic carbocycles. The van der Waals surface area contributed by atoms with Crippen LogP contribution in [0.4, 0.5) is 0 Å². The van der Waals surface area contributed by atoms with Gasteiger partial charge in [0.1, 0.15) is 0 Å². The Morgan fingerprint density at radius 3 is 2.56 bits per heavy atom. The zero-order valence-corrected chi connectivity index (χ0v) is 9.69. The Bertz CT molecular complexity index is 264. The van der Waals surface area contributed by atoms with Crippen molar-refractivity contribution >= 4 is 11.9 Å². The van der Waals surface area contributed by atoms with Crippen molar-refractivity contribution in [3.05, 3.63) is 0 Å². The maximum Gasteiger partial charge on any atom is 0.305 e. The van der Waals surface area contributed by atoms with Crippen LogP contribution in [0.25, 0.3) is 0 Å². The van der Waals surface area contributed by atoms with Crippen molar-refractivity contribution in [1.29, 1.82) is 0 Å². The number of carbonyl (C=O) groups excluding carboxylic acids is 1. The summed E-state index contributed by atoms with van der Waals surface area (Å²) in [5.41, 5.74) is 5.76. The number of carboxylic acid groups (broad SMARTS) is 1. The van der Waals surface area contributed by atoms with E-state index in [0.717, 1.165) is 19.3 Å². The van der Waals surface area contributed by atoms with Crippen LogP contribution >= 0.6 is 0 Å². The zero-order chi connectivity index (χ0) is 12.1. The van der Waals surface area contributed by atoms with Crippen molar-refractivity contribution in [2.45, 2.75) is 51.1 Å². The Labute approximate surface area is 95.6 Å². The lowest BCUT2D eigenvalue weighted by molar-refractivity contribution is -0.139. The minimum absolute atomic E-state index is 0.00108. The lowest BCUT2D eigenvalue weighted by atomic mass is 10.1. The molecule has 1 saturated carbocycles. The smallest absolute Gasteiger partial charge is 0.305 e. The second-order valence-electron chi connectivity index (χ2n) is 4.30. The van der Waals surface area contributed by atoms with E-state index in [2.05, 4.69) is 0 Å². The van der Waals surface area contributed by atoms with E-state index in [9.17, 15) is 9.59 Å². The molecular formula is C11H20N2O3. The molecule has 0 aromatic carbocycles. The van der Waals surface area contributed by atoms with Gasteiger partial charge in [0.15, 0.2) is 0 Å².